The van der Waals surface area contributed by atoms with Crippen molar-refractivity contribution in [3.8, 4) is 10.7 Å². The first-order chi connectivity index (χ1) is 15.8. The maximum absolute atomic E-state index is 12.9. The minimum atomic E-state index is -3.59. The Kier molecular flexibility index (Phi) is 6.80. The van der Waals surface area contributed by atoms with Crippen LogP contribution in [0.3, 0.4) is 0 Å². The first-order valence-electron chi connectivity index (χ1n) is 10.1. The van der Waals surface area contributed by atoms with E-state index in [0.29, 0.717) is 11.5 Å². The van der Waals surface area contributed by atoms with Gasteiger partial charge in [-0.1, -0.05) is 42.1 Å². The number of rotatable bonds is 7. The van der Waals surface area contributed by atoms with Gasteiger partial charge in [0.25, 0.3) is 0 Å². The second-order valence-electron chi connectivity index (χ2n) is 7.41. The molecule has 0 bridgehead atoms. The highest BCUT2D eigenvalue weighted by atomic mass is 32.2. The Morgan fingerprint density at radius 3 is 2.58 bits per heavy atom. The highest BCUT2D eigenvalue weighted by Gasteiger charge is 2.21. The minimum Gasteiger partial charge on any atom is -0.325 e. The van der Waals surface area contributed by atoms with Gasteiger partial charge in [-0.3, -0.25) is 4.79 Å². The predicted molar refractivity (Wildman–Crippen MR) is 134 cm³/mol. The number of fused-ring (bicyclic) bond motifs is 1. The van der Waals surface area contributed by atoms with Crippen molar-refractivity contribution in [1.29, 1.82) is 0 Å². The van der Waals surface area contributed by atoms with Crippen molar-refractivity contribution >= 4 is 55.6 Å². The second-order valence-corrected chi connectivity index (χ2v) is 11.8. The molecule has 170 valence electrons. The molecule has 4 rings (SSSR count). The molecule has 1 amide bonds. The fourth-order valence-corrected chi connectivity index (χ4v) is 5.61. The van der Waals surface area contributed by atoms with E-state index in [4.69, 9.17) is 4.98 Å². The van der Waals surface area contributed by atoms with Crippen LogP contribution in [0.15, 0.2) is 76.0 Å². The number of thiophene rings is 1. The summed E-state index contributed by atoms with van der Waals surface area (Å²) in [5.41, 5.74) is 1.23. The van der Waals surface area contributed by atoms with Crippen LogP contribution in [0.4, 0.5) is 5.69 Å². The van der Waals surface area contributed by atoms with Crippen LogP contribution in [0, 0.1) is 0 Å². The van der Waals surface area contributed by atoms with E-state index in [1.165, 1.54) is 38.0 Å². The van der Waals surface area contributed by atoms with Crippen LogP contribution in [0.2, 0.25) is 0 Å². The lowest BCUT2D eigenvalue weighted by molar-refractivity contribution is -0.115. The van der Waals surface area contributed by atoms with Crippen LogP contribution >= 0.6 is 23.1 Å². The Labute approximate surface area is 200 Å². The second kappa shape index (κ2) is 9.60. The van der Waals surface area contributed by atoms with Crippen LogP contribution < -0.4 is 5.32 Å². The molecule has 0 unspecified atom stereocenters. The number of anilines is 1. The van der Waals surface area contributed by atoms with Crippen molar-refractivity contribution < 1.29 is 13.2 Å². The molecular formula is C23H22N4O3S3. The molecule has 0 saturated heterocycles. The van der Waals surface area contributed by atoms with Crippen molar-refractivity contribution in [3.63, 3.8) is 0 Å². The Hall–Kier alpha value is -2.79. The first-order valence-corrected chi connectivity index (χ1v) is 13.3. The van der Waals surface area contributed by atoms with Crippen LogP contribution in [0.5, 0.6) is 0 Å². The highest BCUT2D eigenvalue weighted by molar-refractivity contribution is 8.00. The molecule has 1 atom stereocenters. The molecule has 2 aromatic carbocycles. The Balaban J connectivity index is 1.58. The van der Waals surface area contributed by atoms with E-state index in [-0.39, 0.29) is 10.8 Å². The third-order valence-electron chi connectivity index (χ3n) is 4.85. The summed E-state index contributed by atoms with van der Waals surface area (Å²) in [7, 11) is -0.658. The first kappa shape index (κ1) is 23.4. The Bertz CT molecular complexity index is 1400. The molecule has 2 heterocycles. The minimum absolute atomic E-state index is 0.119. The SMILES string of the molecule is C[C@H](Sc1nc(-c2cccs2)nc2ccccc12)C(=O)Nc1cccc(S(=O)(=O)N(C)C)c1. The molecule has 1 N–H and O–H groups in total. The largest absolute Gasteiger partial charge is 0.325 e. The number of thioether (sulfide) groups is 1. The molecule has 0 fully saturated rings. The van der Waals surface area contributed by atoms with E-state index in [1.54, 1.807) is 30.4 Å². The summed E-state index contributed by atoms with van der Waals surface area (Å²) < 4.78 is 25.9. The van der Waals surface area contributed by atoms with E-state index in [9.17, 15) is 13.2 Å². The number of carbonyl (C=O) groups is 1. The van der Waals surface area contributed by atoms with Gasteiger partial charge in [0.05, 0.1) is 20.5 Å². The number of hydrogen-bond acceptors (Lipinski definition) is 7. The average Bonchev–Trinajstić information content (AvgIpc) is 3.34. The number of benzene rings is 2. The maximum Gasteiger partial charge on any atom is 0.242 e. The van der Waals surface area contributed by atoms with Crippen molar-refractivity contribution in [2.24, 2.45) is 0 Å². The van der Waals surface area contributed by atoms with Crippen molar-refractivity contribution in [1.82, 2.24) is 14.3 Å². The molecule has 0 aliphatic heterocycles. The van der Waals surface area contributed by atoms with Crippen LogP contribution in [0.25, 0.3) is 21.6 Å². The zero-order valence-corrected chi connectivity index (χ0v) is 20.7. The van der Waals surface area contributed by atoms with Crippen molar-refractivity contribution in [2.75, 3.05) is 19.4 Å². The van der Waals surface area contributed by atoms with Crippen LogP contribution in [0.1, 0.15) is 6.92 Å². The summed E-state index contributed by atoms with van der Waals surface area (Å²) in [6.45, 7) is 1.79. The van der Waals surface area contributed by atoms with Gasteiger partial charge in [-0.25, -0.2) is 22.7 Å². The van der Waals surface area contributed by atoms with Gasteiger partial charge >= 0.3 is 0 Å². The number of carbonyl (C=O) groups excluding carboxylic acids is 1. The van der Waals surface area contributed by atoms with Gasteiger partial charge < -0.3 is 5.32 Å². The molecule has 0 saturated carbocycles. The lowest BCUT2D eigenvalue weighted by atomic mass is 10.2. The van der Waals surface area contributed by atoms with E-state index in [0.717, 1.165) is 25.1 Å². The summed E-state index contributed by atoms with van der Waals surface area (Å²) in [6.07, 6.45) is 0. The van der Waals surface area contributed by atoms with Gasteiger partial charge in [0.15, 0.2) is 5.82 Å². The summed E-state index contributed by atoms with van der Waals surface area (Å²) in [4.78, 5) is 23.4. The molecule has 0 spiro atoms. The van der Waals surface area contributed by atoms with Gasteiger partial charge in [-0.05, 0) is 42.6 Å². The smallest absolute Gasteiger partial charge is 0.242 e. The van der Waals surface area contributed by atoms with Gasteiger partial charge in [0, 0.05) is 25.2 Å². The zero-order chi connectivity index (χ0) is 23.6. The monoisotopic (exact) mass is 498 g/mol. The third-order valence-corrected chi connectivity index (χ3v) is 8.63. The lowest BCUT2D eigenvalue weighted by Crippen LogP contribution is -2.24. The predicted octanol–water partition coefficient (Wildman–Crippen LogP) is 4.73. The Morgan fingerprint density at radius 2 is 1.85 bits per heavy atom. The normalized spacial score (nSPS) is 12.7. The van der Waals surface area contributed by atoms with E-state index >= 15 is 0 Å². The molecule has 0 aliphatic rings. The van der Waals surface area contributed by atoms with Gasteiger partial charge in [0.2, 0.25) is 15.9 Å². The number of amides is 1. The quantitative estimate of drug-likeness (QED) is 0.293. The van der Waals surface area contributed by atoms with E-state index < -0.39 is 15.3 Å². The number of aromatic nitrogens is 2. The van der Waals surface area contributed by atoms with Crippen LogP contribution in [-0.4, -0.2) is 47.9 Å². The van der Waals surface area contributed by atoms with Crippen molar-refractivity contribution in [3.05, 3.63) is 66.0 Å². The summed E-state index contributed by atoms with van der Waals surface area (Å²) in [5.74, 6) is 0.375. The topological polar surface area (TPSA) is 92.3 Å². The van der Waals surface area contributed by atoms with Gasteiger partial charge in [0.1, 0.15) is 5.03 Å². The lowest BCUT2D eigenvalue weighted by Gasteiger charge is -2.15. The number of nitrogens with zero attached hydrogens (tertiary/aromatic N) is 3. The molecule has 4 aromatic rings. The highest BCUT2D eigenvalue weighted by Crippen LogP contribution is 2.32. The summed E-state index contributed by atoms with van der Waals surface area (Å²) in [6, 6.07) is 17.9. The average molecular weight is 499 g/mol. The summed E-state index contributed by atoms with van der Waals surface area (Å²) >= 11 is 2.90. The summed E-state index contributed by atoms with van der Waals surface area (Å²) in [5, 5.41) is 5.91. The number of hydrogen-bond donors (Lipinski definition) is 1. The number of para-hydroxylation sites is 1. The fourth-order valence-electron chi connectivity index (χ4n) is 3.06. The van der Waals surface area contributed by atoms with Gasteiger partial charge in [-0.2, -0.15) is 0 Å². The van der Waals surface area contributed by atoms with Crippen molar-refractivity contribution in [2.45, 2.75) is 22.1 Å². The maximum atomic E-state index is 12.9. The molecule has 0 radical (unpaired) electrons. The molecule has 33 heavy (non-hydrogen) atoms. The number of nitrogens with one attached hydrogen (secondary N) is 1. The third kappa shape index (κ3) is 5.09. The molecule has 2 aromatic heterocycles. The fraction of sp³-hybridized carbons (Fsp3) is 0.174. The standard InChI is InChI=1S/C23H22N4O3S3/c1-15(22(28)24-16-8-6-9-17(14-16)33(29,30)27(2)3)32-23-18-10-4-5-11-19(18)25-21(26-23)20-12-7-13-31-20/h4-15H,1-3H3,(H,24,28)/t15-/m0/s1. The molecule has 0 aliphatic carbocycles. The molecule has 7 nitrogen and oxygen atoms in total. The molecule has 10 heteroatoms. The van der Waals surface area contributed by atoms with Crippen LogP contribution in [-0.2, 0) is 14.8 Å². The molecular weight excluding hydrogens is 476 g/mol. The zero-order valence-electron chi connectivity index (χ0n) is 18.2. The number of sulfonamides is 1. The Morgan fingerprint density at radius 1 is 1.06 bits per heavy atom. The van der Waals surface area contributed by atoms with E-state index in [2.05, 4.69) is 10.3 Å². The van der Waals surface area contributed by atoms with Gasteiger partial charge in [-0.15, -0.1) is 11.3 Å². The van der Waals surface area contributed by atoms with E-state index in [1.807, 2.05) is 41.8 Å².